The lowest BCUT2D eigenvalue weighted by Gasteiger charge is -2.27. The summed E-state index contributed by atoms with van der Waals surface area (Å²) in [6.07, 6.45) is -0.493. The average molecular weight is 391 g/mol. The lowest BCUT2D eigenvalue weighted by atomic mass is 10.1. The SMILES string of the molecule is CCOC(OCC)OC(c1ccccc1)C1OCC(n2ccc(N)nc2=O)O1. The molecule has 0 spiro atoms. The lowest BCUT2D eigenvalue weighted by Crippen LogP contribution is -2.32. The number of rotatable bonds is 9. The van der Waals surface area contributed by atoms with E-state index >= 15 is 0 Å². The predicted molar refractivity (Wildman–Crippen MR) is 100 cm³/mol. The molecule has 1 aromatic heterocycles. The fraction of sp³-hybridized carbons (Fsp3) is 0.474. The zero-order valence-electron chi connectivity index (χ0n) is 15.9. The van der Waals surface area contributed by atoms with Crippen molar-refractivity contribution in [3.8, 4) is 0 Å². The maximum Gasteiger partial charge on any atom is 0.351 e. The molecule has 0 radical (unpaired) electrons. The maximum absolute atomic E-state index is 12.1. The van der Waals surface area contributed by atoms with E-state index in [0.717, 1.165) is 5.56 Å². The van der Waals surface area contributed by atoms with Crippen LogP contribution in [0.25, 0.3) is 0 Å². The van der Waals surface area contributed by atoms with Crippen LogP contribution >= 0.6 is 0 Å². The summed E-state index contributed by atoms with van der Waals surface area (Å²) in [5, 5.41) is 0. The summed E-state index contributed by atoms with van der Waals surface area (Å²) in [4.78, 5) is 15.8. The summed E-state index contributed by atoms with van der Waals surface area (Å²) in [7, 11) is 0. The molecule has 3 rings (SSSR count). The normalized spacial score (nSPS) is 20.5. The van der Waals surface area contributed by atoms with Gasteiger partial charge in [-0.2, -0.15) is 4.98 Å². The molecule has 2 aromatic rings. The topological polar surface area (TPSA) is 107 Å². The van der Waals surface area contributed by atoms with Gasteiger partial charge in [0.15, 0.2) is 12.5 Å². The first-order valence-electron chi connectivity index (χ1n) is 9.17. The van der Waals surface area contributed by atoms with Crippen molar-refractivity contribution in [3.63, 3.8) is 0 Å². The first-order valence-corrected chi connectivity index (χ1v) is 9.17. The quantitative estimate of drug-likeness (QED) is 0.645. The third-order valence-corrected chi connectivity index (χ3v) is 4.09. The van der Waals surface area contributed by atoms with Crippen LogP contribution in [0.5, 0.6) is 0 Å². The lowest BCUT2D eigenvalue weighted by molar-refractivity contribution is -0.326. The third kappa shape index (κ3) is 4.94. The van der Waals surface area contributed by atoms with E-state index in [0.29, 0.717) is 13.2 Å². The van der Waals surface area contributed by atoms with Crippen LogP contribution in [0.3, 0.4) is 0 Å². The molecule has 3 atom stereocenters. The maximum atomic E-state index is 12.1. The zero-order valence-corrected chi connectivity index (χ0v) is 15.9. The Bertz CT molecular complexity index is 794. The van der Waals surface area contributed by atoms with Crippen molar-refractivity contribution in [2.75, 3.05) is 25.6 Å². The summed E-state index contributed by atoms with van der Waals surface area (Å²) in [6, 6.07) is 11.0. The molecule has 0 saturated carbocycles. The molecule has 28 heavy (non-hydrogen) atoms. The molecule has 3 unspecified atom stereocenters. The average Bonchev–Trinajstić information content (AvgIpc) is 3.16. The Morgan fingerprint density at radius 1 is 1.21 bits per heavy atom. The Morgan fingerprint density at radius 3 is 2.57 bits per heavy atom. The van der Waals surface area contributed by atoms with Crippen LogP contribution in [0.4, 0.5) is 5.82 Å². The van der Waals surface area contributed by atoms with Gasteiger partial charge in [-0.15, -0.1) is 0 Å². The van der Waals surface area contributed by atoms with Crippen LogP contribution in [0.15, 0.2) is 47.4 Å². The van der Waals surface area contributed by atoms with Crippen molar-refractivity contribution in [3.05, 3.63) is 58.6 Å². The van der Waals surface area contributed by atoms with E-state index in [1.807, 2.05) is 44.2 Å². The molecule has 9 nitrogen and oxygen atoms in total. The molecule has 152 valence electrons. The molecule has 1 saturated heterocycles. The van der Waals surface area contributed by atoms with Gasteiger partial charge in [0.25, 0.3) is 6.48 Å². The van der Waals surface area contributed by atoms with Crippen LogP contribution in [-0.4, -0.2) is 42.1 Å². The molecule has 0 aliphatic carbocycles. The second kappa shape index (κ2) is 9.76. The molecule has 1 fully saturated rings. The summed E-state index contributed by atoms with van der Waals surface area (Å²) in [5.41, 5.74) is 5.87. The van der Waals surface area contributed by atoms with Gasteiger partial charge in [-0.3, -0.25) is 4.57 Å². The molecular formula is C19H25N3O6. The van der Waals surface area contributed by atoms with Gasteiger partial charge >= 0.3 is 5.69 Å². The molecule has 9 heteroatoms. The number of hydrogen-bond donors (Lipinski definition) is 1. The minimum Gasteiger partial charge on any atom is -0.383 e. The monoisotopic (exact) mass is 391 g/mol. The van der Waals surface area contributed by atoms with Gasteiger partial charge in [0.1, 0.15) is 11.9 Å². The number of nitrogen functional groups attached to an aromatic ring is 1. The number of nitrogens with zero attached hydrogens (tertiary/aromatic N) is 2. The van der Waals surface area contributed by atoms with Crippen molar-refractivity contribution in [1.82, 2.24) is 9.55 Å². The summed E-state index contributed by atoms with van der Waals surface area (Å²) in [6.45, 7) is 3.85. The van der Waals surface area contributed by atoms with Crippen LogP contribution in [0.2, 0.25) is 0 Å². The number of aromatic nitrogens is 2. The Hall–Kier alpha value is -2.30. The van der Waals surface area contributed by atoms with E-state index in [2.05, 4.69) is 4.98 Å². The van der Waals surface area contributed by atoms with Crippen LogP contribution in [-0.2, 0) is 23.7 Å². The van der Waals surface area contributed by atoms with E-state index in [1.54, 1.807) is 0 Å². The first-order chi connectivity index (χ1) is 13.6. The molecule has 1 aliphatic rings. The summed E-state index contributed by atoms with van der Waals surface area (Å²) < 4.78 is 30.1. The van der Waals surface area contributed by atoms with Crippen molar-refractivity contribution >= 4 is 5.82 Å². The smallest absolute Gasteiger partial charge is 0.351 e. The van der Waals surface area contributed by atoms with Gasteiger partial charge in [0.2, 0.25) is 0 Å². The highest BCUT2D eigenvalue weighted by Crippen LogP contribution is 2.33. The van der Waals surface area contributed by atoms with E-state index < -0.39 is 30.8 Å². The van der Waals surface area contributed by atoms with Gasteiger partial charge < -0.3 is 29.4 Å². The van der Waals surface area contributed by atoms with E-state index in [-0.39, 0.29) is 12.4 Å². The summed E-state index contributed by atoms with van der Waals surface area (Å²) >= 11 is 0. The van der Waals surface area contributed by atoms with Gasteiger partial charge in [0.05, 0.1) is 6.61 Å². The first kappa shape index (κ1) is 20.4. The van der Waals surface area contributed by atoms with Gasteiger partial charge in [-0.05, 0) is 25.5 Å². The molecule has 0 bridgehead atoms. The third-order valence-electron chi connectivity index (χ3n) is 4.09. The molecule has 0 amide bonds. The predicted octanol–water partition coefficient (Wildman–Crippen LogP) is 1.81. The zero-order chi connectivity index (χ0) is 19.9. The highest BCUT2D eigenvalue weighted by atomic mass is 16.9. The number of benzene rings is 1. The van der Waals surface area contributed by atoms with E-state index in [1.165, 1.54) is 16.8 Å². The van der Waals surface area contributed by atoms with E-state index in [4.69, 9.17) is 29.4 Å². The largest absolute Gasteiger partial charge is 0.383 e. The van der Waals surface area contributed by atoms with Crippen molar-refractivity contribution in [2.45, 2.75) is 38.9 Å². The molecule has 2 N–H and O–H groups in total. The number of ether oxygens (including phenoxy) is 5. The minimum atomic E-state index is -0.868. The Labute approximate surface area is 162 Å². The second-order valence-electron chi connectivity index (χ2n) is 6.00. The molecule has 2 heterocycles. The molecule has 1 aliphatic heterocycles. The van der Waals surface area contributed by atoms with Crippen LogP contribution < -0.4 is 11.4 Å². The van der Waals surface area contributed by atoms with Gasteiger partial charge in [-0.25, -0.2) is 4.79 Å². The Kier molecular flexibility index (Phi) is 7.12. The van der Waals surface area contributed by atoms with Gasteiger partial charge in [-0.1, -0.05) is 30.3 Å². The van der Waals surface area contributed by atoms with Gasteiger partial charge in [0, 0.05) is 19.4 Å². The molecule has 1 aromatic carbocycles. The number of anilines is 1. The van der Waals surface area contributed by atoms with Crippen LogP contribution in [0, 0.1) is 0 Å². The molecular weight excluding hydrogens is 366 g/mol. The highest BCUT2D eigenvalue weighted by Gasteiger charge is 2.37. The van der Waals surface area contributed by atoms with Crippen LogP contribution in [0.1, 0.15) is 31.7 Å². The second-order valence-corrected chi connectivity index (χ2v) is 6.00. The van der Waals surface area contributed by atoms with Crippen molar-refractivity contribution < 1.29 is 23.7 Å². The summed E-state index contributed by atoms with van der Waals surface area (Å²) in [5.74, 6) is 0.151. The van der Waals surface area contributed by atoms with Crippen molar-refractivity contribution in [1.29, 1.82) is 0 Å². The fourth-order valence-electron chi connectivity index (χ4n) is 2.82. The number of hydrogen-bond acceptors (Lipinski definition) is 8. The fourth-order valence-corrected chi connectivity index (χ4v) is 2.82. The van der Waals surface area contributed by atoms with Crippen molar-refractivity contribution in [2.24, 2.45) is 0 Å². The highest BCUT2D eigenvalue weighted by molar-refractivity contribution is 5.23. The number of nitrogens with two attached hydrogens (primary N) is 1. The Balaban J connectivity index is 1.79. The standard InChI is InChI=1S/C19H25N3O6/c1-3-24-19(25-4-2)28-16(13-8-6-5-7-9-13)17-26-12-15(27-17)22-11-10-14(20)21-18(22)23/h5-11,15-17,19H,3-4,12H2,1-2H3,(H2,20,21,23). The Morgan fingerprint density at radius 2 is 1.93 bits per heavy atom. The minimum absolute atomic E-state index is 0.151. The van der Waals surface area contributed by atoms with E-state index in [9.17, 15) is 4.79 Å².